The Morgan fingerprint density at radius 2 is 2.05 bits per heavy atom. The van der Waals surface area contributed by atoms with Crippen molar-refractivity contribution >= 4 is 23.1 Å². The van der Waals surface area contributed by atoms with E-state index in [4.69, 9.17) is 11.6 Å². The van der Waals surface area contributed by atoms with Crippen LogP contribution in [0.15, 0.2) is 18.5 Å². The number of hydrogen-bond acceptors (Lipinski definition) is 4. The molecule has 1 aromatic carbocycles. The molecule has 0 aliphatic carbocycles. The summed E-state index contributed by atoms with van der Waals surface area (Å²) in [7, 11) is 1.85. The van der Waals surface area contributed by atoms with Gasteiger partial charge in [0.1, 0.15) is 12.0 Å². The summed E-state index contributed by atoms with van der Waals surface area (Å²) in [6.45, 7) is 6.15. The Hall–Kier alpha value is -1.81. The molecule has 110 valence electrons. The molecule has 0 bridgehead atoms. The molecule has 1 aliphatic heterocycles. The van der Waals surface area contributed by atoms with Crippen LogP contribution in [-0.2, 0) is 13.0 Å². The summed E-state index contributed by atoms with van der Waals surface area (Å²) in [6.07, 6.45) is 2.56. The van der Waals surface area contributed by atoms with E-state index in [1.165, 1.54) is 28.6 Å². The molecule has 1 aromatic heterocycles. The van der Waals surface area contributed by atoms with Gasteiger partial charge in [-0.15, -0.1) is 0 Å². The van der Waals surface area contributed by atoms with Crippen molar-refractivity contribution in [2.75, 3.05) is 23.8 Å². The van der Waals surface area contributed by atoms with Gasteiger partial charge >= 0.3 is 0 Å². The molecule has 0 radical (unpaired) electrons. The first-order valence-electron chi connectivity index (χ1n) is 7.12. The molecular weight excluding hydrogens is 284 g/mol. The van der Waals surface area contributed by atoms with Crippen LogP contribution < -0.4 is 10.2 Å². The van der Waals surface area contributed by atoms with E-state index >= 15 is 0 Å². The predicted octanol–water partition coefficient (Wildman–Crippen LogP) is 3.35. The van der Waals surface area contributed by atoms with Crippen molar-refractivity contribution in [3.63, 3.8) is 0 Å². The summed E-state index contributed by atoms with van der Waals surface area (Å²) in [5.41, 5.74) is 6.35. The van der Waals surface area contributed by atoms with E-state index in [-0.39, 0.29) is 0 Å². The monoisotopic (exact) mass is 302 g/mol. The second-order valence-electron chi connectivity index (χ2n) is 5.50. The molecule has 0 saturated heterocycles. The Balaban J connectivity index is 1.99. The molecule has 0 fully saturated rings. The molecular formula is C16H19ClN4. The first kappa shape index (κ1) is 14.1. The molecule has 0 spiro atoms. The number of nitrogens with one attached hydrogen (secondary N) is 1. The highest BCUT2D eigenvalue weighted by atomic mass is 35.5. The van der Waals surface area contributed by atoms with Gasteiger partial charge in [0.2, 0.25) is 0 Å². The van der Waals surface area contributed by atoms with Crippen molar-refractivity contribution in [2.45, 2.75) is 26.8 Å². The number of aromatic nitrogens is 2. The summed E-state index contributed by atoms with van der Waals surface area (Å²) in [4.78, 5) is 10.7. The van der Waals surface area contributed by atoms with Gasteiger partial charge in [0.25, 0.3) is 0 Å². The van der Waals surface area contributed by atoms with Gasteiger partial charge in [-0.05, 0) is 37.0 Å². The van der Waals surface area contributed by atoms with Gasteiger partial charge in [0.15, 0.2) is 11.0 Å². The number of halogens is 1. The number of fused-ring (bicyclic) bond motifs is 1. The third-order valence-corrected chi connectivity index (χ3v) is 4.32. The SMILES string of the molecule is CNc1c(Cl)ncnc1N1CCc2c(C)cc(C)cc2C1. The number of anilines is 2. The zero-order valence-electron chi connectivity index (χ0n) is 12.6. The standard InChI is InChI=1S/C16H19ClN4/c1-10-6-11(2)13-4-5-21(8-12(13)7-10)16-14(18-3)15(17)19-9-20-16/h6-7,9,18H,4-5,8H2,1-3H3. The van der Waals surface area contributed by atoms with Crippen LogP contribution in [-0.4, -0.2) is 23.6 Å². The largest absolute Gasteiger partial charge is 0.383 e. The average molecular weight is 303 g/mol. The minimum Gasteiger partial charge on any atom is -0.383 e. The maximum atomic E-state index is 6.16. The molecule has 21 heavy (non-hydrogen) atoms. The van der Waals surface area contributed by atoms with Crippen LogP contribution in [0.25, 0.3) is 0 Å². The lowest BCUT2D eigenvalue weighted by molar-refractivity contribution is 0.715. The minimum absolute atomic E-state index is 0.466. The molecule has 1 N–H and O–H groups in total. The lowest BCUT2D eigenvalue weighted by Crippen LogP contribution is -2.32. The first-order valence-corrected chi connectivity index (χ1v) is 7.50. The molecule has 0 atom stereocenters. The van der Waals surface area contributed by atoms with Crippen LogP contribution in [0.3, 0.4) is 0 Å². The summed E-state index contributed by atoms with van der Waals surface area (Å²) < 4.78 is 0. The van der Waals surface area contributed by atoms with Gasteiger partial charge in [-0.2, -0.15) is 0 Å². The molecule has 4 nitrogen and oxygen atoms in total. The van der Waals surface area contributed by atoms with E-state index in [9.17, 15) is 0 Å². The Kier molecular flexibility index (Phi) is 3.72. The second-order valence-corrected chi connectivity index (χ2v) is 5.86. The van der Waals surface area contributed by atoms with Crippen LogP contribution in [0.2, 0.25) is 5.15 Å². The smallest absolute Gasteiger partial charge is 0.157 e. The molecule has 1 aliphatic rings. The molecule has 5 heteroatoms. The molecule has 3 rings (SSSR count). The number of rotatable bonds is 2. The number of benzene rings is 1. The molecule has 2 aromatic rings. The van der Waals surface area contributed by atoms with Crippen LogP contribution in [0.5, 0.6) is 0 Å². The molecule has 2 heterocycles. The van der Waals surface area contributed by atoms with E-state index in [2.05, 4.69) is 46.2 Å². The molecule has 0 saturated carbocycles. The number of nitrogens with zero attached hydrogens (tertiary/aromatic N) is 3. The van der Waals surface area contributed by atoms with Gasteiger partial charge in [-0.25, -0.2) is 9.97 Å². The van der Waals surface area contributed by atoms with Crippen molar-refractivity contribution in [3.8, 4) is 0 Å². The van der Waals surface area contributed by atoms with Crippen molar-refractivity contribution in [3.05, 3.63) is 45.9 Å². The fraction of sp³-hybridized carbons (Fsp3) is 0.375. The van der Waals surface area contributed by atoms with E-state index < -0.39 is 0 Å². The van der Waals surface area contributed by atoms with Crippen molar-refractivity contribution in [1.29, 1.82) is 0 Å². The lowest BCUT2D eigenvalue weighted by atomic mass is 9.93. The van der Waals surface area contributed by atoms with E-state index in [1.54, 1.807) is 0 Å². The van der Waals surface area contributed by atoms with Crippen LogP contribution in [0.4, 0.5) is 11.5 Å². The van der Waals surface area contributed by atoms with Crippen molar-refractivity contribution in [2.24, 2.45) is 0 Å². The molecule has 0 unspecified atom stereocenters. The van der Waals surface area contributed by atoms with E-state index in [0.717, 1.165) is 31.0 Å². The normalized spacial score (nSPS) is 14.0. The van der Waals surface area contributed by atoms with E-state index in [1.807, 2.05) is 7.05 Å². The fourth-order valence-electron chi connectivity index (χ4n) is 3.11. The highest BCUT2D eigenvalue weighted by Gasteiger charge is 2.22. The highest BCUT2D eigenvalue weighted by Crippen LogP contribution is 2.33. The number of aryl methyl sites for hydroxylation is 2. The van der Waals surface area contributed by atoms with Gasteiger partial charge in [0.05, 0.1) is 0 Å². The van der Waals surface area contributed by atoms with Gasteiger partial charge in [-0.1, -0.05) is 29.3 Å². The highest BCUT2D eigenvalue weighted by molar-refractivity contribution is 6.32. The Labute approximate surface area is 130 Å². The van der Waals surface area contributed by atoms with Gasteiger partial charge in [-0.3, -0.25) is 0 Å². The average Bonchev–Trinajstić information content (AvgIpc) is 2.46. The topological polar surface area (TPSA) is 41.1 Å². The third kappa shape index (κ3) is 2.56. The second kappa shape index (κ2) is 5.53. The Morgan fingerprint density at radius 3 is 2.81 bits per heavy atom. The van der Waals surface area contributed by atoms with E-state index in [0.29, 0.717) is 5.15 Å². The Morgan fingerprint density at radius 1 is 1.24 bits per heavy atom. The summed E-state index contributed by atoms with van der Waals surface area (Å²) in [5.74, 6) is 0.877. The maximum absolute atomic E-state index is 6.16. The maximum Gasteiger partial charge on any atom is 0.157 e. The summed E-state index contributed by atoms with van der Waals surface area (Å²) in [6, 6.07) is 4.53. The van der Waals surface area contributed by atoms with Crippen LogP contribution in [0.1, 0.15) is 22.3 Å². The zero-order chi connectivity index (χ0) is 15.0. The van der Waals surface area contributed by atoms with Gasteiger partial charge in [0, 0.05) is 20.1 Å². The summed E-state index contributed by atoms with van der Waals surface area (Å²) in [5, 5.41) is 3.58. The summed E-state index contributed by atoms with van der Waals surface area (Å²) >= 11 is 6.16. The third-order valence-electron chi connectivity index (χ3n) is 4.03. The quantitative estimate of drug-likeness (QED) is 0.864. The van der Waals surface area contributed by atoms with Crippen molar-refractivity contribution < 1.29 is 0 Å². The fourth-order valence-corrected chi connectivity index (χ4v) is 3.33. The zero-order valence-corrected chi connectivity index (χ0v) is 13.3. The van der Waals surface area contributed by atoms with Gasteiger partial charge < -0.3 is 10.2 Å². The lowest BCUT2D eigenvalue weighted by Gasteiger charge is -2.32. The first-order chi connectivity index (χ1) is 10.1. The Bertz CT molecular complexity index is 684. The predicted molar refractivity (Wildman–Crippen MR) is 87.3 cm³/mol. The number of hydrogen-bond donors (Lipinski definition) is 1. The molecule has 0 amide bonds. The minimum atomic E-state index is 0.466. The van der Waals surface area contributed by atoms with Crippen molar-refractivity contribution in [1.82, 2.24) is 9.97 Å². The van der Waals surface area contributed by atoms with Crippen LogP contribution in [0, 0.1) is 13.8 Å². The van der Waals surface area contributed by atoms with Crippen LogP contribution >= 0.6 is 11.6 Å².